The van der Waals surface area contributed by atoms with Gasteiger partial charge >= 0.3 is 25.7 Å². The van der Waals surface area contributed by atoms with Crippen LogP contribution < -0.4 is 0 Å². The van der Waals surface area contributed by atoms with E-state index < -0.39 is 57.8 Å². The van der Waals surface area contributed by atoms with Crippen molar-refractivity contribution < 1.29 is 52.2 Å². The van der Waals surface area contributed by atoms with Gasteiger partial charge in [-0.3, -0.25) is 23.4 Å². The lowest BCUT2D eigenvalue weighted by Gasteiger charge is -2.21. The predicted molar refractivity (Wildman–Crippen MR) is 316 cm³/mol. The van der Waals surface area contributed by atoms with E-state index in [1.165, 1.54) is 96.3 Å². The second-order valence-electron chi connectivity index (χ2n) is 20.5. The molecular weight excluding hydrogens is 976 g/mol. The third-order valence-electron chi connectivity index (χ3n) is 13.1. The SMILES string of the molecule is CCCC/C=C\CCCCCCCC(=O)OC(CO)COP(=O)(O)OCC(COC(=O)CCCCCCCC/C=C\C/C=C\C/C=C\CCCCC)OC(=O)CCCCCCCCCCC/C=C\C/C=C\CCCCC. The van der Waals surface area contributed by atoms with Crippen LogP contribution in [0.3, 0.4) is 0 Å². The Labute approximate surface area is 465 Å². The van der Waals surface area contributed by atoms with Crippen LogP contribution in [0.2, 0.25) is 0 Å². The first-order valence-electron chi connectivity index (χ1n) is 30.8. The van der Waals surface area contributed by atoms with Gasteiger partial charge in [0.05, 0.1) is 19.8 Å². The smallest absolute Gasteiger partial charge is 0.462 e. The number of allylic oxidation sites excluding steroid dienone is 12. The summed E-state index contributed by atoms with van der Waals surface area (Å²) in [6.45, 7) is 4.55. The second-order valence-corrected chi connectivity index (χ2v) is 22.0. The summed E-state index contributed by atoms with van der Waals surface area (Å²) >= 11 is 0. The number of phosphoric ester groups is 1. The first-order chi connectivity index (χ1) is 37.2. The van der Waals surface area contributed by atoms with Crippen LogP contribution in [0.5, 0.6) is 0 Å². The molecular formula is C64H113O11P. The molecule has 440 valence electrons. The van der Waals surface area contributed by atoms with E-state index in [-0.39, 0.29) is 25.9 Å². The summed E-state index contributed by atoms with van der Waals surface area (Å²) in [6.07, 6.45) is 65.7. The largest absolute Gasteiger partial charge is 0.472 e. The fourth-order valence-electron chi connectivity index (χ4n) is 8.32. The first kappa shape index (κ1) is 72.9. The number of phosphoric acid groups is 1. The van der Waals surface area contributed by atoms with E-state index in [2.05, 4.69) is 93.7 Å². The number of esters is 3. The van der Waals surface area contributed by atoms with Gasteiger partial charge in [0.25, 0.3) is 0 Å². The normalized spacial score (nSPS) is 13.8. The number of hydrogen-bond donors (Lipinski definition) is 2. The van der Waals surface area contributed by atoms with E-state index in [1.54, 1.807) is 0 Å². The molecule has 0 aromatic rings. The van der Waals surface area contributed by atoms with E-state index in [1.807, 2.05) is 0 Å². The molecule has 76 heavy (non-hydrogen) atoms. The molecule has 0 spiro atoms. The van der Waals surface area contributed by atoms with Crippen LogP contribution in [0.25, 0.3) is 0 Å². The van der Waals surface area contributed by atoms with Crippen LogP contribution in [0.15, 0.2) is 72.9 Å². The Balaban J connectivity index is 4.74. The average molecular weight is 1090 g/mol. The first-order valence-corrected chi connectivity index (χ1v) is 32.3. The topological polar surface area (TPSA) is 155 Å². The number of rotatable bonds is 57. The van der Waals surface area contributed by atoms with Crippen molar-refractivity contribution in [2.75, 3.05) is 26.4 Å². The summed E-state index contributed by atoms with van der Waals surface area (Å²) < 4.78 is 39.6. The number of aliphatic hydroxyl groups excluding tert-OH is 1. The summed E-state index contributed by atoms with van der Waals surface area (Å²) in [7, 11) is -4.76. The molecule has 0 aliphatic carbocycles. The highest BCUT2D eigenvalue weighted by Crippen LogP contribution is 2.43. The number of hydrogen-bond acceptors (Lipinski definition) is 10. The standard InChI is InChI=1S/C64H113O11P/c1-4-7-10-13-16-19-22-24-26-28-30-32-34-36-39-41-44-47-50-53-62(66)71-57-61(75-64(68)55-52-49-46-43-40-37-35-33-31-29-27-25-23-20-17-14-11-8-5-2)59-73-76(69,70)72-58-60(56-65)74-63(67)54-51-48-45-42-38-21-18-15-12-9-6-3/h15-20,24-27,30,32,60-61,65H,4-14,21-23,28-29,31,33-59H2,1-3H3,(H,69,70)/b18-15-,19-16-,20-17-,26-24-,27-25-,32-30-. The van der Waals surface area contributed by atoms with Crippen LogP contribution in [-0.2, 0) is 42.2 Å². The Morgan fingerprint density at radius 1 is 0.368 bits per heavy atom. The highest BCUT2D eigenvalue weighted by molar-refractivity contribution is 7.47. The van der Waals surface area contributed by atoms with Gasteiger partial charge in [-0.15, -0.1) is 0 Å². The molecule has 0 saturated heterocycles. The summed E-state index contributed by atoms with van der Waals surface area (Å²) in [5.41, 5.74) is 0. The minimum absolute atomic E-state index is 0.158. The van der Waals surface area contributed by atoms with Gasteiger partial charge in [-0.25, -0.2) is 4.57 Å². The Hall–Kier alpha value is -3.08. The van der Waals surface area contributed by atoms with Gasteiger partial charge in [0.1, 0.15) is 12.7 Å². The molecule has 0 aromatic carbocycles. The molecule has 0 bridgehead atoms. The van der Waals surface area contributed by atoms with Crippen molar-refractivity contribution in [3.63, 3.8) is 0 Å². The van der Waals surface area contributed by atoms with Crippen LogP contribution in [-0.4, -0.2) is 66.5 Å². The van der Waals surface area contributed by atoms with Gasteiger partial charge < -0.3 is 24.2 Å². The van der Waals surface area contributed by atoms with E-state index in [9.17, 15) is 28.9 Å². The lowest BCUT2D eigenvalue weighted by molar-refractivity contribution is -0.161. The summed E-state index contributed by atoms with van der Waals surface area (Å²) in [6, 6.07) is 0. The maximum absolute atomic E-state index is 12.9. The molecule has 0 radical (unpaired) electrons. The molecule has 11 nitrogen and oxygen atoms in total. The van der Waals surface area contributed by atoms with Crippen molar-refractivity contribution in [3.05, 3.63) is 72.9 Å². The molecule has 3 atom stereocenters. The lowest BCUT2D eigenvalue weighted by Crippen LogP contribution is -2.30. The molecule has 0 rings (SSSR count). The third-order valence-corrected chi connectivity index (χ3v) is 14.0. The van der Waals surface area contributed by atoms with Crippen molar-refractivity contribution in [3.8, 4) is 0 Å². The van der Waals surface area contributed by atoms with Crippen LogP contribution in [0.1, 0.15) is 278 Å². The molecule has 3 unspecified atom stereocenters. The van der Waals surface area contributed by atoms with Gasteiger partial charge in [0.15, 0.2) is 6.10 Å². The second kappa shape index (κ2) is 58.1. The monoisotopic (exact) mass is 1090 g/mol. The molecule has 0 aliphatic heterocycles. The van der Waals surface area contributed by atoms with Crippen molar-refractivity contribution in [2.45, 2.75) is 290 Å². The minimum Gasteiger partial charge on any atom is -0.462 e. The molecule has 0 fully saturated rings. The zero-order valence-electron chi connectivity index (χ0n) is 48.7. The maximum atomic E-state index is 12.9. The highest BCUT2D eigenvalue weighted by Gasteiger charge is 2.28. The van der Waals surface area contributed by atoms with E-state index in [4.69, 9.17) is 23.3 Å². The van der Waals surface area contributed by atoms with Gasteiger partial charge in [-0.1, -0.05) is 222 Å². The van der Waals surface area contributed by atoms with Gasteiger partial charge in [-0.05, 0) is 109 Å². The van der Waals surface area contributed by atoms with Crippen LogP contribution in [0.4, 0.5) is 0 Å². The lowest BCUT2D eigenvalue weighted by atomic mass is 10.1. The summed E-state index contributed by atoms with van der Waals surface area (Å²) in [5, 5.41) is 9.81. The summed E-state index contributed by atoms with van der Waals surface area (Å²) in [5.74, 6) is -1.49. The third kappa shape index (κ3) is 55.7. The van der Waals surface area contributed by atoms with Crippen LogP contribution >= 0.6 is 7.82 Å². The number of carbonyl (C=O) groups is 3. The number of carbonyl (C=O) groups excluding carboxylic acids is 3. The molecule has 0 aromatic heterocycles. The molecule has 0 heterocycles. The molecule has 0 amide bonds. The van der Waals surface area contributed by atoms with Gasteiger partial charge in [0, 0.05) is 19.3 Å². The Bertz CT molecular complexity index is 1550. The fourth-order valence-corrected chi connectivity index (χ4v) is 9.10. The zero-order chi connectivity index (χ0) is 55.5. The Kier molecular flexibility index (Phi) is 55.7. The maximum Gasteiger partial charge on any atom is 0.472 e. The molecule has 12 heteroatoms. The van der Waals surface area contributed by atoms with Crippen molar-refractivity contribution >= 4 is 25.7 Å². The fraction of sp³-hybridized carbons (Fsp3) is 0.766. The number of aliphatic hydroxyl groups is 1. The van der Waals surface area contributed by atoms with E-state index in [0.717, 1.165) is 122 Å². The van der Waals surface area contributed by atoms with E-state index in [0.29, 0.717) is 19.3 Å². The Morgan fingerprint density at radius 3 is 1.04 bits per heavy atom. The number of ether oxygens (including phenoxy) is 3. The molecule has 0 saturated carbocycles. The highest BCUT2D eigenvalue weighted by atomic mass is 31.2. The summed E-state index contributed by atoms with van der Waals surface area (Å²) in [4.78, 5) is 48.6. The van der Waals surface area contributed by atoms with Crippen molar-refractivity contribution in [1.82, 2.24) is 0 Å². The van der Waals surface area contributed by atoms with Gasteiger partial charge in [-0.2, -0.15) is 0 Å². The minimum atomic E-state index is -4.76. The average Bonchev–Trinajstić information content (AvgIpc) is 3.41. The predicted octanol–water partition coefficient (Wildman–Crippen LogP) is 18.5. The number of unbranched alkanes of at least 4 members (excludes halogenated alkanes) is 28. The quantitative estimate of drug-likeness (QED) is 0.0197. The zero-order valence-corrected chi connectivity index (χ0v) is 49.6. The van der Waals surface area contributed by atoms with Gasteiger partial charge in [0.2, 0.25) is 0 Å². The van der Waals surface area contributed by atoms with Crippen molar-refractivity contribution in [2.24, 2.45) is 0 Å². The van der Waals surface area contributed by atoms with Crippen molar-refractivity contribution in [1.29, 1.82) is 0 Å². The van der Waals surface area contributed by atoms with Crippen LogP contribution in [0, 0.1) is 0 Å². The van der Waals surface area contributed by atoms with E-state index >= 15 is 0 Å². The Morgan fingerprint density at radius 2 is 0.658 bits per heavy atom. The molecule has 0 aliphatic rings. The molecule has 2 N–H and O–H groups in total.